The van der Waals surface area contributed by atoms with E-state index in [9.17, 15) is 9.59 Å². The molecule has 0 radical (unpaired) electrons. The molecule has 1 aromatic carbocycles. The lowest BCUT2D eigenvalue weighted by atomic mass is 10.1. The maximum absolute atomic E-state index is 11.7. The second-order valence-corrected chi connectivity index (χ2v) is 4.13. The SMILES string of the molecule is CCC(C)C(=O)Nc1ccc(C(=O)O)cc1C. The predicted molar refractivity (Wildman–Crippen MR) is 66.2 cm³/mol. The van der Waals surface area contributed by atoms with Crippen LogP contribution in [0, 0.1) is 12.8 Å². The Balaban J connectivity index is 2.86. The standard InChI is InChI=1S/C13H17NO3/c1-4-8(2)12(15)14-11-6-5-10(13(16)17)7-9(11)3/h5-8H,4H2,1-3H3,(H,14,15)(H,16,17). The molecule has 0 aliphatic carbocycles. The first-order valence-corrected chi connectivity index (χ1v) is 5.60. The topological polar surface area (TPSA) is 66.4 Å². The largest absolute Gasteiger partial charge is 0.478 e. The Morgan fingerprint density at radius 3 is 2.53 bits per heavy atom. The van der Waals surface area contributed by atoms with Gasteiger partial charge in [0, 0.05) is 11.6 Å². The Morgan fingerprint density at radius 1 is 1.41 bits per heavy atom. The number of hydrogen-bond acceptors (Lipinski definition) is 2. The molecular formula is C13H17NO3. The summed E-state index contributed by atoms with van der Waals surface area (Å²) in [4.78, 5) is 22.4. The summed E-state index contributed by atoms with van der Waals surface area (Å²) >= 11 is 0. The van der Waals surface area contributed by atoms with Gasteiger partial charge in [-0.2, -0.15) is 0 Å². The van der Waals surface area contributed by atoms with Crippen molar-refractivity contribution in [2.75, 3.05) is 5.32 Å². The number of carboxylic acids is 1. The van der Waals surface area contributed by atoms with Gasteiger partial charge in [-0.25, -0.2) is 4.79 Å². The average Bonchev–Trinajstić information content (AvgIpc) is 2.30. The molecule has 0 aromatic heterocycles. The van der Waals surface area contributed by atoms with Crippen molar-refractivity contribution in [2.45, 2.75) is 27.2 Å². The number of carboxylic acid groups (broad SMARTS) is 1. The van der Waals surface area contributed by atoms with Crippen LogP contribution >= 0.6 is 0 Å². The van der Waals surface area contributed by atoms with Crippen molar-refractivity contribution in [3.8, 4) is 0 Å². The van der Waals surface area contributed by atoms with E-state index in [1.807, 2.05) is 13.8 Å². The zero-order valence-electron chi connectivity index (χ0n) is 10.3. The normalized spacial score (nSPS) is 11.9. The lowest BCUT2D eigenvalue weighted by Gasteiger charge is -2.12. The number of amides is 1. The molecule has 1 amide bonds. The van der Waals surface area contributed by atoms with Gasteiger partial charge in [0.15, 0.2) is 0 Å². The van der Waals surface area contributed by atoms with Gasteiger partial charge < -0.3 is 10.4 Å². The molecule has 2 N–H and O–H groups in total. The fraction of sp³-hybridized carbons (Fsp3) is 0.385. The van der Waals surface area contributed by atoms with E-state index >= 15 is 0 Å². The van der Waals surface area contributed by atoms with E-state index in [2.05, 4.69) is 5.32 Å². The highest BCUT2D eigenvalue weighted by Gasteiger charge is 2.12. The first-order valence-electron chi connectivity index (χ1n) is 5.60. The number of aromatic carboxylic acids is 1. The van der Waals surface area contributed by atoms with Crippen molar-refractivity contribution in [2.24, 2.45) is 5.92 Å². The number of hydrogen-bond donors (Lipinski definition) is 2. The molecule has 1 aromatic rings. The van der Waals surface area contributed by atoms with Crippen LogP contribution < -0.4 is 5.32 Å². The minimum Gasteiger partial charge on any atom is -0.478 e. The lowest BCUT2D eigenvalue weighted by Crippen LogP contribution is -2.20. The van der Waals surface area contributed by atoms with Gasteiger partial charge in [-0.05, 0) is 37.1 Å². The van der Waals surface area contributed by atoms with E-state index in [1.54, 1.807) is 19.1 Å². The van der Waals surface area contributed by atoms with Crippen molar-refractivity contribution < 1.29 is 14.7 Å². The van der Waals surface area contributed by atoms with Crippen molar-refractivity contribution in [1.82, 2.24) is 0 Å². The molecule has 0 heterocycles. The third kappa shape index (κ3) is 3.31. The fourth-order valence-corrected chi connectivity index (χ4v) is 1.38. The zero-order chi connectivity index (χ0) is 13.0. The molecule has 0 spiro atoms. The lowest BCUT2D eigenvalue weighted by molar-refractivity contribution is -0.119. The highest BCUT2D eigenvalue weighted by atomic mass is 16.4. The van der Waals surface area contributed by atoms with E-state index in [1.165, 1.54) is 6.07 Å². The molecule has 1 rings (SSSR count). The van der Waals surface area contributed by atoms with Gasteiger partial charge >= 0.3 is 5.97 Å². The Morgan fingerprint density at radius 2 is 2.06 bits per heavy atom. The summed E-state index contributed by atoms with van der Waals surface area (Å²) in [6.07, 6.45) is 0.776. The summed E-state index contributed by atoms with van der Waals surface area (Å²) < 4.78 is 0. The third-order valence-corrected chi connectivity index (χ3v) is 2.79. The Bertz CT molecular complexity index is 440. The Kier molecular flexibility index (Phi) is 4.26. The second-order valence-electron chi connectivity index (χ2n) is 4.13. The summed E-state index contributed by atoms with van der Waals surface area (Å²) in [7, 11) is 0. The fourth-order valence-electron chi connectivity index (χ4n) is 1.38. The van der Waals surface area contributed by atoms with Crippen LogP contribution in [0.4, 0.5) is 5.69 Å². The van der Waals surface area contributed by atoms with Crippen LogP contribution in [-0.2, 0) is 4.79 Å². The molecule has 0 saturated heterocycles. The van der Waals surface area contributed by atoms with E-state index in [4.69, 9.17) is 5.11 Å². The number of rotatable bonds is 4. The highest BCUT2D eigenvalue weighted by Crippen LogP contribution is 2.18. The van der Waals surface area contributed by atoms with Crippen LogP contribution in [0.15, 0.2) is 18.2 Å². The second kappa shape index (κ2) is 5.48. The van der Waals surface area contributed by atoms with Crippen LogP contribution in [0.2, 0.25) is 0 Å². The number of aryl methyl sites for hydroxylation is 1. The Labute approximate surface area is 101 Å². The minimum absolute atomic E-state index is 0.0429. The van der Waals surface area contributed by atoms with E-state index in [0.717, 1.165) is 12.0 Å². The van der Waals surface area contributed by atoms with Gasteiger partial charge in [0.2, 0.25) is 5.91 Å². The van der Waals surface area contributed by atoms with Crippen LogP contribution in [0.5, 0.6) is 0 Å². The maximum atomic E-state index is 11.7. The molecule has 4 nitrogen and oxygen atoms in total. The van der Waals surface area contributed by atoms with Gasteiger partial charge in [-0.1, -0.05) is 13.8 Å². The predicted octanol–water partition coefficient (Wildman–Crippen LogP) is 2.68. The minimum atomic E-state index is -0.965. The van der Waals surface area contributed by atoms with Gasteiger partial charge in [0.25, 0.3) is 0 Å². The first kappa shape index (κ1) is 13.2. The average molecular weight is 235 g/mol. The monoisotopic (exact) mass is 235 g/mol. The van der Waals surface area contributed by atoms with E-state index in [0.29, 0.717) is 5.69 Å². The van der Waals surface area contributed by atoms with Gasteiger partial charge in [-0.15, -0.1) is 0 Å². The maximum Gasteiger partial charge on any atom is 0.335 e. The van der Waals surface area contributed by atoms with Gasteiger partial charge in [0.05, 0.1) is 5.56 Å². The number of carbonyl (C=O) groups is 2. The Hall–Kier alpha value is -1.84. The van der Waals surface area contributed by atoms with Crippen LogP contribution in [-0.4, -0.2) is 17.0 Å². The first-order chi connectivity index (χ1) is 7.95. The molecular weight excluding hydrogens is 218 g/mol. The summed E-state index contributed by atoms with van der Waals surface area (Å²) in [6, 6.07) is 4.66. The third-order valence-electron chi connectivity index (χ3n) is 2.79. The highest BCUT2D eigenvalue weighted by molar-refractivity contribution is 5.94. The number of nitrogens with one attached hydrogen (secondary N) is 1. The van der Waals surface area contributed by atoms with Crippen LogP contribution in [0.3, 0.4) is 0 Å². The smallest absolute Gasteiger partial charge is 0.335 e. The molecule has 0 bridgehead atoms. The van der Waals surface area contributed by atoms with Crippen LogP contribution in [0.25, 0.3) is 0 Å². The molecule has 0 fully saturated rings. The van der Waals surface area contributed by atoms with Crippen molar-refractivity contribution in [3.63, 3.8) is 0 Å². The van der Waals surface area contributed by atoms with Crippen molar-refractivity contribution in [3.05, 3.63) is 29.3 Å². The zero-order valence-corrected chi connectivity index (χ0v) is 10.3. The number of benzene rings is 1. The summed E-state index contributed by atoms with van der Waals surface area (Å²) in [5.41, 5.74) is 1.64. The quantitative estimate of drug-likeness (QED) is 0.843. The molecule has 4 heteroatoms. The van der Waals surface area contributed by atoms with E-state index < -0.39 is 5.97 Å². The molecule has 17 heavy (non-hydrogen) atoms. The van der Waals surface area contributed by atoms with E-state index in [-0.39, 0.29) is 17.4 Å². The van der Waals surface area contributed by atoms with Crippen LogP contribution in [0.1, 0.15) is 36.2 Å². The number of anilines is 1. The number of carbonyl (C=O) groups excluding carboxylic acids is 1. The molecule has 1 unspecified atom stereocenters. The molecule has 1 atom stereocenters. The van der Waals surface area contributed by atoms with Crippen molar-refractivity contribution >= 4 is 17.6 Å². The molecule has 0 saturated carbocycles. The molecule has 0 aliphatic rings. The summed E-state index contributed by atoms with van der Waals surface area (Å²) in [6.45, 7) is 5.58. The van der Waals surface area contributed by atoms with Gasteiger partial charge in [0.1, 0.15) is 0 Å². The molecule has 0 aliphatic heterocycles. The van der Waals surface area contributed by atoms with Crippen molar-refractivity contribution in [1.29, 1.82) is 0 Å². The molecule has 92 valence electrons. The summed E-state index contributed by atoms with van der Waals surface area (Å²) in [5.74, 6) is -1.06. The van der Waals surface area contributed by atoms with Gasteiger partial charge in [-0.3, -0.25) is 4.79 Å². The summed E-state index contributed by atoms with van der Waals surface area (Å²) in [5, 5.41) is 11.6.